The highest BCUT2D eigenvalue weighted by Crippen LogP contribution is 2.22. The van der Waals surface area contributed by atoms with Crippen molar-refractivity contribution in [3.8, 4) is 0 Å². The highest BCUT2D eigenvalue weighted by Gasteiger charge is 2.14. The fourth-order valence-electron chi connectivity index (χ4n) is 2.29. The van der Waals surface area contributed by atoms with Gasteiger partial charge in [-0.2, -0.15) is 5.10 Å². The third kappa shape index (κ3) is 3.09. The number of halogens is 1. The minimum Gasteiger partial charge on any atom is -0.478 e. The molecule has 0 radical (unpaired) electrons. The zero-order chi connectivity index (χ0) is 16.6. The second kappa shape index (κ2) is 5.85. The second-order valence-electron chi connectivity index (χ2n) is 5.03. The van der Waals surface area contributed by atoms with Crippen molar-refractivity contribution >= 4 is 44.4 Å². The molecule has 2 aromatic carbocycles. The predicted molar refractivity (Wildman–Crippen MR) is 89.8 cm³/mol. The Morgan fingerprint density at radius 2 is 2.00 bits per heavy atom. The molecule has 0 unspecified atom stereocenters. The zero-order valence-corrected chi connectivity index (χ0v) is 13.7. The zero-order valence-electron chi connectivity index (χ0n) is 12.1. The molecule has 0 aliphatic carbocycles. The quantitative estimate of drug-likeness (QED) is 0.737. The minimum atomic E-state index is -1.11. The van der Waals surface area contributed by atoms with E-state index in [1.54, 1.807) is 42.1 Å². The lowest BCUT2D eigenvalue weighted by Gasteiger charge is -2.09. The molecule has 0 aliphatic heterocycles. The summed E-state index contributed by atoms with van der Waals surface area (Å²) in [4.78, 5) is 23.7. The van der Waals surface area contributed by atoms with Crippen LogP contribution in [0.5, 0.6) is 0 Å². The van der Waals surface area contributed by atoms with E-state index < -0.39 is 5.97 Å². The van der Waals surface area contributed by atoms with Crippen LogP contribution in [-0.4, -0.2) is 26.8 Å². The van der Waals surface area contributed by atoms with E-state index in [0.717, 1.165) is 10.9 Å². The lowest BCUT2D eigenvalue weighted by molar-refractivity contribution is 0.0698. The average molecular weight is 374 g/mol. The highest BCUT2D eigenvalue weighted by molar-refractivity contribution is 9.10. The number of carbonyl (C=O) groups is 2. The summed E-state index contributed by atoms with van der Waals surface area (Å²) in [5, 5.41) is 17.0. The van der Waals surface area contributed by atoms with Crippen LogP contribution in [0.1, 0.15) is 20.7 Å². The van der Waals surface area contributed by atoms with Crippen LogP contribution in [0.25, 0.3) is 10.9 Å². The lowest BCUT2D eigenvalue weighted by atomic mass is 10.1. The standard InChI is InChI=1S/C16H12BrN3O3/c1-20-8-10-6-9(2-4-13(10)19-20)15(21)18-14-5-3-11(17)7-12(14)16(22)23/h2-8H,1H3,(H,18,21)(H,22,23). The lowest BCUT2D eigenvalue weighted by Crippen LogP contribution is -2.14. The van der Waals surface area contributed by atoms with Gasteiger partial charge in [0.1, 0.15) is 0 Å². The van der Waals surface area contributed by atoms with Crippen molar-refractivity contribution in [3.05, 3.63) is 58.2 Å². The van der Waals surface area contributed by atoms with Gasteiger partial charge in [0.15, 0.2) is 0 Å². The van der Waals surface area contributed by atoms with Crippen molar-refractivity contribution in [2.45, 2.75) is 0 Å². The number of aromatic nitrogens is 2. The number of nitrogens with one attached hydrogen (secondary N) is 1. The van der Waals surface area contributed by atoms with Gasteiger partial charge in [-0.3, -0.25) is 9.48 Å². The maximum absolute atomic E-state index is 12.4. The number of aryl methyl sites for hydroxylation is 1. The fourth-order valence-corrected chi connectivity index (χ4v) is 2.65. The summed E-state index contributed by atoms with van der Waals surface area (Å²) in [6.07, 6.45) is 1.81. The molecular weight excluding hydrogens is 362 g/mol. The predicted octanol–water partition coefficient (Wildman–Crippen LogP) is 3.29. The van der Waals surface area contributed by atoms with Gasteiger partial charge in [-0.25, -0.2) is 4.79 Å². The van der Waals surface area contributed by atoms with Crippen molar-refractivity contribution in [2.24, 2.45) is 7.05 Å². The van der Waals surface area contributed by atoms with Crippen LogP contribution < -0.4 is 5.32 Å². The van der Waals surface area contributed by atoms with E-state index in [2.05, 4.69) is 26.3 Å². The molecule has 116 valence electrons. The molecule has 6 nitrogen and oxygen atoms in total. The molecule has 23 heavy (non-hydrogen) atoms. The summed E-state index contributed by atoms with van der Waals surface area (Å²) in [5.41, 5.74) is 1.50. The molecule has 0 aliphatic rings. The highest BCUT2D eigenvalue weighted by atomic mass is 79.9. The van der Waals surface area contributed by atoms with Gasteiger partial charge in [0.25, 0.3) is 5.91 Å². The molecule has 0 saturated carbocycles. The van der Waals surface area contributed by atoms with Crippen LogP contribution in [0, 0.1) is 0 Å². The number of hydrogen-bond donors (Lipinski definition) is 2. The van der Waals surface area contributed by atoms with Crippen LogP contribution >= 0.6 is 15.9 Å². The number of amides is 1. The van der Waals surface area contributed by atoms with Gasteiger partial charge in [-0.1, -0.05) is 15.9 Å². The molecule has 7 heteroatoms. The number of carboxylic acid groups (broad SMARTS) is 1. The minimum absolute atomic E-state index is 0.0233. The largest absolute Gasteiger partial charge is 0.478 e. The summed E-state index contributed by atoms with van der Waals surface area (Å²) in [5.74, 6) is -1.48. The van der Waals surface area contributed by atoms with Crippen LogP contribution in [0.4, 0.5) is 5.69 Å². The summed E-state index contributed by atoms with van der Waals surface area (Å²) in [6, 6.07) is 9.80. The van der Waals surface area contributed by atoms with E-state index in [0.29, 0.717) is 10.0 Å². The number of aromatic carboxylic acids is 1. The molecule has 0 fully saturated rings. The maximum Gasteiger partial charge on any atom is 0.337 e. The fraction of sp³-hybridized carbons (Fsp3) is 0.0625. The summed E-state index contributed by atoms with van der Waals surface area (Å²) in [6.45, 7) is 0. The first-order valence-corrected chi connectivity index (χ1v) is 7.51. The molecule has 0 bridgehead atoms. The molecule has 0 spiro atoms. The molecule has 0 atom stereocenters. The first-order chi connectivity index (χ1) is 10.9. The Kier molecular flexibility index (Phi) is 3.87. The summed E-state index contributed by atoms with van der Waals surface area (Å²) < 4.78 is 2.30. The molecule has 1 heterocycles. The topological polar surface area (TPSA) is 84.2 Å². The number of carboxylic acids is 1. The monoisotopic (exact) mass is 373 g/mol. The summed E-state index contributed by atoms with van der Waals surface area (Å²) >= 11 is 3.22. The van der Waals surface area contributed by atoms with Gasteiger partial charge in [-0.15, -0.1) is 0 Å². The van der Waals surface area contributed by atoms with E-state index in [1.165, 1.54) is 6.07 Å². The van der Waals surface area contributed by atoms with E-state index in [1.807, 2.05) is 6.20 Å². The number of hydrogen-bond acceptors (Lipinski definition) is 3. The van der Waals surface area contributed by atoms with Gasteiger partial charge in [-0.05, 0) is 36.4 Å². The van der Waals surface area contributed by atoms with Crippen LogP contribution in [0.3, 0.4) is 0 Å². The number of anilines is 1. The molecule has 3 rings (SSSR count). The molecule has 3 aromatic rings. The Bertz CT molecular complexity index is 933. The number of carbonyl (C=O) groups excluding carboxylic acids is 1. The molecular formula is C16H12BrN3O3. The smallest absolute Gasteiger partial charge is 0.337 e. The number of benzene rings is 2. The van der Waals surface area contributed by atoms with Crippen molar-refractivity contribution in [2.75, 3.05) is 5.32 Å². The Labute approximate surface area is 139 Å². The Hall–Kier alpha value is -2.67. The normalized spacial score (nSPS) is 10.7. The third-order valence-corrected chi connectivity index (χ3v) is 3.83. The Morgan fingerprint density at radius 3 is 2.74 bits per heavy atom. The molecule has 1 aromatic heterocycles. The molecule has 2 N–H and O–H groups in total. The molecule has 0 saturated heterocycles. The average Bonchev–Trinajstić information content (AvgIpc) is 2.87. The maximum atomic E-state index is 12.4. The van der Waals surface area contributed by atoms with E-state index in [-0.39, 0.29) is 17.2 Å². The van der Waals surface area contributed by atoms with Gasteiger partial charge in [0.05, 0.1) is 16.8 Å². The van der Waals surface area contributed by atoms with Crippen molar-refractivity contribution < 1.29 is 14.7 Å². The van der Waals surface area contributed by atoms with Crippen LogP contribution in [-0.2, 0) is 7.05 Å². The second-order valence-corrected chi connectivity index (χ2v) is 5.94. The molecule has 1 amide bonds. The van der Waals surface area contributed by atoms with E-state index in [9.17, 15) is 14.7 Å². The first kappa shape index (κ1) is 15.2. The first-order valence-electron chi connectivity index (χ1n) is 6.71. The van der Waals surface area contributed by atoms with Gasteiger partial charge in [0.2, 0.25) is 0 Å². The SMILES string of the molecule is Cn1cc2cc(C(=O)Nc3ccc(Br)cc3C(=O)O)ccc2n1. The Morgan fingerprint density at radius 1 is 1.22 bits per heavy atom. The summed E-state index contributed by atoms with van der Waals surface area (Å²) in [7, 11) is 1.81. The third-order valence-electron chi connectivity index (χ3n) is 3.34. The van der Waals surface area contributed by atoms with Crippen LogP contribution in [0.15, 0.2) is 47.1 Å². The number of nitrogens with zero attached hydrogens (tertiary/aromatic N) is 2. The van der Waals surface area contributed by atoms with Gasteiger partial charge in [0, 0.05) is 28.7 Å². The van der Waals surface area contributed by atoms with Crippen molar-refractivity contribution in [1.82, 2.24) is 9.78 Å². The Balaban J connectivity index is 1.92. The van der Waals surface area contributed by atoms with E-state index in [4.69, 9.17) is 0 Å². The van der Waals surface area contributed by atoms with Crippen molar-refractivity contribution in [3.63, 3.8) is 0 Å². The van der Waals surface area contributed by atoms with E-state index >= 15 is 0 Å². The number of rotatable bonds is 3. The number of fused-ring (bicyclic) bond motifs is 1. The van der Waals surface area contributed by atoms with Crippen LogP contribution in [0.2, 0.25) is 0 Å². The van der Waals surface area contributed by atoms with Crippen molar-refractivity contribution in [1.29, 1.82) is 0 Å². The van der Waals surface area contributed by atoms with Gasteiger partial charge >= 0.3 is 5.97 Å². The van der Waals surface area contributed by atoms with Gasteiger partial charge < -0.3 is 10.4 Å².